The van der Waals surface area contributed by atoms with Gasteiger partial charge in [-0.2, -0.15) is 0 Å². The lowest BCUT2D eigenvalue weighted by Gasteiger charge is -2.28. The lowest BCUT2D eigenvalue weighted by atomic mass is 10.0. The summed E-state index contributed by atoms with van der Waals surface area (Å²) in [6, 6.07) is 20.9. The van der Waals surface area contributed by atoms with Crippen LogP contribution in [0.5, 0.6) is 0 Å². The number of aliphatic hydroxyl groups excluding tert-OH is 1. The largest absolute Gasteiger partial charge is 0.391 e. The van der Waals surface area contributed by atoms with Crippen molar-refractivity contribution in [2.75, 3.05) is 13.6 Å². The van der Waals surface area contributed by atoms with Crippen LogP contribution in [0.2, 0.25) is 0 Å². The molecule has 38 heavy (non-hydrogen) atoms. The van der Waals surface area contributed by atoms with Gasteiger partial charge in [0.05, 0.1) is 6.10 Å². The minimum atomic E-state index is -0.887. The molecule has 3 aromatic rings. The van der Waals surface area contributed by atoms with E-state index in [4.69, 9.17) is 0 Å². The van der Waals surface area contributed by atoms with Crippen LogP contribution in [0.1, 0.15) is 23.1 Å². The molecule has 8 nitrogen and oxygen atoms in total. The number of hydrogen-bond acceptors (Lipinski definition) is 5. The van der Waals surface area contributed by atoms with E-state index in [1.54, 1.807) is 36.5 Å². The second kappa shape index (κ2) is 12.8. The number of aromatic nitrogens is 1. The Balaban J connectivity index is 1.49. The second-order valence-corrected chi connectivity index (χ2v) is 9.45. The van der Waals surface area contributed by atoms with Gasteiger partial charge in [-0.15, -0.1) is 0 Å². The summed E-state index contributed by atoms with van der Waals surface area (Å²) < 4.78 is 0. The van der Waals surface area contributed by atoms with Crippen molar-refractivity contribution >= 4 is 23.8 Å². The highest BCUT2D eigenvalue weighted by molar-refractivity contribution is 5.97. The van der Waals surface area contributed by atoms with E-state index < -0.39 is 30.0 Å². The minimum Gasteiger partial charge on any atom is -0.391 e. The second-order valence-electron chi connectivity index (χ2n) is 9.45. The Kier molecular flexibility index (Phi) is 9.00. The summed E-state index contributed by atoms with van der Waals surface area (Å²) in [4.78, 5) is 46.9. The summed E-state index contributed by atoms with van der Waals surface area (Å²) in [6.45, 7) is 0.437. The van der Waals surface area contributed by atoms with Crippen LogP contribution in [0.25, 0.3) is 6.08 Å². The van der Waals surface area contributed by atoms with Crippen molar-refractivity contribution in [1.82, 2.24) is 20.1 Å². The highest BCUT2D eigenvalue weighted by atomic mass is 16.3. The molecule has 0 bridgehead atoms. The van der Waals surface area contributed by atoms with Crippen molar-refractivity contribution in [2.45, 2.75) is 37.6 Å². The Hall–Kier alpha value is -4.30. The maximum absolute atomic E-state index is 13.5. The summed E-state index contributed by atoms with van der Waals surface area (Å²) in [5.74, 6) is -1.09. The number of likely N-dealkylation sites (tertiary alicyclic amines) is 1. The van der Waals surface area contributed by atoms with E-state index in [9.17, 15) is 19.5 Å². The Bertz CT molecular complexity index is 1250. The Morgan fingerprint density at radius 2 is 1.74 bits per heavy atom. The number of amides is 3. The van der Waals surface area contributed by atoms with Gasteiger partial charge in [-0.05, 0) is 28.8 Å². The number of nitrogens with zero attached hydrogens (tertiary/aromatic N) is 3. The van der Waals surface area contributed by atoms with E-state index >= 15 is 0 Å². The number of β-amino-alcohol motifs (C(OH)–C–C–N with tert-alkyl or cyclic N) is 1. The first kappa shape index (κ1) is 26.8. The lowest BCUT2D eigenvalue weighted by Crippen LogP contribution is -2.53. The number of nitrogens with one attached hydrogen (secondary N) is 1. The molecule has 2 aromatic carbocycles. The van der Waals surface area contributed by atoms with Crippen molar-refractivity contribution in [1.29, 1.82) is 0 Å². The van der Waals surface area contributed by atoms with Crippen LogP contribution in [0.4, 0.5) is 0 Å². The van der Waals surface area contributed by atoms with Crippen LogP contribution in [0.3, 0.4) is 0 Å². The number of likely N-dealkylation sites (N-methyl/N-ethyl adjacent to an activating group) is 1. The van der Waals surface area contributed by atoms with Crippen LogP contribution in [-0.4, -0.2) is 69.4 Å². The fraction of sp³-hybridized carbons (Fsp3) is 0.267. The number of aliphatic hydroxyl groups is 1. The van der Waals surface area contributed by atoms with Crippen LogP contribution >= 0.6 is 0 Å². The number of benzene rings is 2. The summed E-state index contributed by atoms with van der Waals surface area (Å²) in [6.07, 6.45) is 5.83. The summed E-state index contributed by atoms with van der Waals surface area (Å²) in [7, 11) is 1.71. The standard InChI is InChI=1S/C30H32N4O4/c1-33(20-24-11-6-3-7-12-24)30(38)26(17-22-9-4-2-5-10-22)32-29(37)27-18-25(35)21-34(27)28(36)15-14-23-13-8-16-31-19-23/h2-16,19,25-27,35H,17-18,20-21H2,1H3,(H,32,37)/b15-14+. The van der Waals surface area contributed by atoms with Crippen LogP contribution in [0.15, 0.2) is 91.3 Å². The smallest absolute Gasteiger partial charge is 0.247 e. The Morgan fingerprint density at radius 1 is 1.05 bits per heavy atom. The highest BCUT2D eigenvalue weighted by Gasteiger charge is 2.39. The average Bonchev–Trinajstić information content (AvgIpc) is 3.34. The molecule has 3 unspecified atom stereocenters. The third-order valence-corrected chi connectivity index (χ3v) is 6.50. The molecular weight excluding hydrogens is 480 g/mol. The maximum Gasteiger partial charge on any atom is 0.247 e. The van der Waals surface area contributed by atoms with Crippen molar-refractivity contribution < 1.29 is 19.5 Å². The van der Waals surface area contributed by atoms with Gasteiger partial charge in [-0.3, -0.25) is 19.4 Å². The molecule has 2 heterocycles. The maximum atomic E-state index is 13.5. The highest BCUT2D eigenvalue weighted by Crippen LogP contribution is 2.20. The molecular formula is C30H32N4O4. The van der Waals surface area contributed by atoms with Crippen LogP contribution < -0.4 is 5.32 Å². The number of carbonyl (C=O) groups is 3. The summed E-state index contributed by atoms with van der Waals surface area (Å²) >= 11 is 0. The molecule has 1 aromatic heterocycles. The molecule has 1 saturated heterocycles. The monoisotopic (exact) mass is 512 g/mol. The third kappa shape index (κ3) is 7.14. The molecule has 1 aliphatic rings. The molecule has 0 spiro atoms. The van der Waals surface area contributed by atoms with E-state index in [1.807, 2.05) is 66.7 Å². The number of hydrogen-bond donors (Lipinski definition) is 2. The van der Waals surface area contributed by atoms with Crippen LogP contribution in [-0.2, 0) is 27.3 Å². The quantitative estimate of drug-likeness (QED) is 0.429. The van der Waals surface area contributed by atoms with Gasteiger partial charge in [0, 0.05) is 51.4 Å². The van der Waals surface area contributed by atoms with Gasteiger partial charge in [0.15, 0.2) is 0 Å². The predicted molar refractivity (Wildman–Crippen MR) is 144 cm³/mol. The third-order valence-electron chi connectivity index (χ3n) is 6.50. The molecule has 4 rings (SSSR count). The minimum absolute atomic E-state index is 0.0412. The van der Waals surface area contributed by atoms with Gasteiger partial charge in [-0.25, -0.2) is 0 Å². The fourth-order valence-corrected chi connectivity index (χ4v) is 4.56. The molecule has 1 fully saturated rings. The van der Waals surface area contributed by atoms with Gasteiger partial charge < -0.3 is 20.2 Å². The molecule has 196 valence electrons. The SMILES string of the molecule is CN(Cc1ccccc1)C(=O)C(Cc1ccccc1)NC(=O)C1CC(O)CN1C(=O)/C=C/c1cccnc1. The zero-order valence-electron chi connectivity index (χ0n) is 21.3. The van der Waals surface area contributed by atoms with Gasteiger partial charge in [-0.1, -0.05) is 66.7 Å². The van der Waals surface area contributed by atoms with Crippen molar-refractivity contribution in [3.8, 4) is 0 Å². The first-order valence-corrected chi connectivity index (χ1v) is 12.6. The van der Waals surface area contributed by atoms with E-state index in [0.29, 0.717) is 13.0 Å². The van der Waals surface area contributed by atoms with Gasteiger partial charge in [0.25, 0.3) is 0 Å². The van der Waals surface area contributed by atoms with E-state index in [-0.39, 0.29) is 18.9 Å². The molecule has 8 heteroatoms. The fourth-order valence-electron chi connectivity index (χ4n) is 4.56. The normalized spacial score (nSPS) is 17.8. The first-order chi connectivity index (χ1) is 18.4. The van der Waals surface area contributed by atoms with E-state index in [0.717, 1.165) is 16.7 Å². The zero-order chi connectivity index (χ0) is 26.9. The van der Waals surface area contributed by atoms with E-state index in [1.165, 1.54) is 11.0 Å². The number of carbonyl (C=O) groups excluding carboxylic acids is 3. The Morgan fingerprint density at radius 3 is 2.39 bits per heavy atom. The average molecular weight is 513 g/mol. The molecule has 3 atom stereocenters. The molecule has 3 amide bonds. The number of rotatable bonds is 9. The molecule has 0 radical (unpaired) electrons. The molecule has 2 N–H and O–H groups in total. The van der Waals surface area contributed by atoms with Crippen molar-refractivity contribution in [3.05, 3.63) is 108 Å². The van der Waals surface area contributed by atoms with Crippen LogP contribution in [0, 0.1) is 0 Å². The van der Waals surface area contributed by atoms with Gasteiger partial charge >= 0.3 is 0 Å². The summed E-state index contributed by atoms with van der Waals surface area (Å²) in [5.41, 5.74) is 2.62. The first-order valence-electron chi connectivity index (χ1n) is 12.6. The predicted octanol–water partition coefficient (Wildman–Crippen LogP) is 2.44. The molecule has 0 aliphatic carbocycles. The molecule has 0 saturated carbocycles. The van der Waals surface area contributed by atoms with Crippen molar-refractivity contribution in [2.24, 2.45) is 0 Å². The summed E-state index contributed by atoms with van der Waals surface area (Å²) in [5, 5.41) is 13.2. The van der Waals surface area contributed by atoms with Gasteiger partial charge in [0.2, 0.25) is 17.7 Å². The lowest BCUT2D eigenvalue weighted by molar-refractivity contribution is -0.139. The topological polar surface area (TPSA) is 103 Å². The van der Waals surface area contributed by atoms with E-state index in [2.05, 4.69) is 10.3 Å². The zero-order valence-corrected chi connectivity index (χ0v) is 21.3. The van der Waals surface area contributed by atoms with Crippen molar-refractivity contribution in [3.63, 3.8) is 0 Å². The Labute approximate surface area is 222 Å². The number of pyridine rings is 1. The van der Waals surface area contributed by atoms with Gasteiger partial charge in [0.1, 0.15) is 12.1 Å². The molecule has 1 aliphatic heterocycles.